The zero-order valence-corrected chi connectivity index (χ0v) is 17.5. The molecule has 1 aliphatic rings. The quantitative estimate of drug-likeness (QED) is 0.357. The molecule has 0 saturated carbocycles. The van der Waals surface area contributed by atoms with Crippen molar-refractivity contribution in [3.8, 4) is 0 Å². The summed E-state index contributed by atoms with van der Waals surface area (Å²) in [5.41, 5.74) is -0.152. The van der Waals surface area contributed by atoms with Gasteiger partial charge in [-0.1, -0.05) is 12.1 Å². The van der Waals surface area contributed by atoms with Crippen molar-refractivity contribution < 1.29 is 22.3 Å². The van der Waals surface area contributed by atoms with Crippen LogP contribution in [0.5, 0.6) is 0 Å². The largest absolute Gasteiger partial charge is 0.469 e. The summed E-state index contributed by atoms with van der Waals surface area (Å²) in [5.74, 6) is 1.43. The van der Waals surface area contributed by atoms with Gasteiger partial charge in [0, 0.05) is 32.6 Å². The third-order valence-corrected chi connectivity index (χ3v) is 4.97. The van der Waals surface area contributed by atoms with Crippen molar-refractivity contribution in [2.45, 2.75) is 25.6 Å². The van der Waals surface area contributed by atoms with E-state index in [1.165, 1.54) is 6.07 Å². The van der Waals surface area contributed by atoms with Gasteiger partial charge >= 0.3 is 6.18 Å². The van der Waals surface area contributed by atoms with Crippen LogP contribution in [0.3, 0.4) is 0 Å². The van der Waals surface area contributed by atoms with Gasteiger partial charge in [0.15, 0.2) is 5.96 Å². The summed E-state index contributed by atoms with van der Waals surface area (Å²) in [4.78, 5) is 6.84. The van der Waals surface area contributed by atoms with E-state index in [2.05, 4.69) is 20.5 Å². The van der Waals surface area contributed by atoms with Crippen LogP contribution in [-0.4, -0.2) is 56.8 Å². The number of rotatable bonds is 9. The molecule has 6 nitrogen and oxygen atoms in total. The van der Waals surface area contributed by atoms with Gasteiger partial charge in [0.2, 0.25) is 0 Å². The van der Waals surface area contributed by atoms with Gasteiger partial charge in [-0.25, -0.2) is 4.99 Å². The molecule has 2 N–H and O–H groups in total. The fraction of sp³-hybridized carbons (Fsp3) is 0.500. The molecule has 1 fully saturated rings. The summed E-state index contributed by atoms with van der Waals surface area (Å²) >= 11 is 0. The second kappa shape index (κ2) is 11.8. The van der Waals surface area contributed by atoms with Gasteiger partial charge in [-0.15, -0.1) is 0 Å². The maximum absolute atomic E-state index is 12.9. The molecule has 2 heterocycles. The Labute approximate surface area is 180 Å². The minimum atomic E-state index is -4.36. The van der Waals surface area contributed by atoms with Crippen LogP contribution in [0.25, 0.3) is 0 Å². The van der Waals surface area contributed by atoms with Gasteiger partial charge in [-0.05, 0) is 42.8 Å². The molecule has 170 valence electrons. The van der Waals surface area contributed by atoms with Crippen LogP contribution in [-0.2, 0) is 23.9 Å². The number of guanidine groups is 1. The molecule has 0 bridgehead atoms. The molecule has 0 amide bonds. The van der Waals surface area contributed by atoms with E-state index >= 15 is 0 Å². The third kappa shape index (κ3) is 8.26. The average molecular weight is 438 g/mol. The molecule has 1 aliphatic heterocycles. The number of furan rings is 1. The molecule has 0 atom stereocenters. The van der Waals surface area contributed by atoms with E-state index in [9.17, 15) is 13.2 Å². The number of benzene rings is 1. The standard InChI is InChI=1S/C22H29F3N4O2/c23-22(24,25)19-5-1-4-18(16-19)17-28-21(27-9-7-20-6-2-13-31-20)26-8-3-10-29-11-14-30-15-12-29/h1-2,4-6,13,16H,3,7-12,14-15,17H2,(H2,26,27,28). The normalized spacial score (nSPS) is 15.8. The van der Waals surface area contributed by atoms with Gasteiger partial charge in [0.05, 0.1) is 31.6 Å². The van der Waals surface area contributed by atoms with Gasteiger partial charge in [-0.3, -0.25) is 4.90 Å². The first-order chi connectivity index (χ1) is 15.0. The highest BCUT2D eigenvalue weighted by atomic mass is 19.4. The average Bonchev–Trinajstić information content (AvgIpc) is 3.28. The Morgan fingerprint density at radius 3 is 2.61 bits per heavy atom. The number of aliphatic imine (C=N–C) groups is 1. The molecule has 1 aromatic heterocycles. The van der Waals surface area contributed by atoms with E-state index in [0.29, 0.717) is 31.0 Å². The number of halogens is 3. The summed E-state index contributed by atoms with van der Waals surface area (Å²) in [6, 6.07) is 9.01. The predicted molar refractivity (Wildman–Crippen MR) is 113 cm³/mol. The number of hydrogen-bond acceptors (Lipinski definition) is 4. The Hall–Kier alpha value is -2.52. The number of hydrogen-bond donors (Lipinski definition) is 2. The van der Waals surface area contributed by atoms with E-state index in [-0.39, 0.29) is 6.54 Å². The Morgan fingerprint density at radius 1 is 1.06 bits per heavy atom. The summed E-state index contributed by atoms with van der Waals surface area (Å²) in [6.07, 6.45) is -1.11. The number of ether oxygens (including phenoxy) is 1. The molecule has 9 heteroatoms. The zero-order chi connectivity index (χ0) is 21.9. The van der Waals surface area contributed by atoms with Gasteiger partial charge in [0.25, 0.3) is 0 Å². The molecule has 1 saturated heterocycles. The minimum Gasteiger partial charge on any atom is -0.469 e. The second-order valence-electron chi connectivity index (χ2n) is 7.35. The van der Waals surface area contributed by atoms with Crippen molar-refractivity contribution in [1.29, 1.82) is 0 Å². The fourth-order valence-corrected chi connectivity index (χ4v) is 3.28. The van der Waals surface area contributed by atoms with Crippen molar-refractivity contribution in [2.24, 2.45) is 4.99 Å². The Bertz CT molecular complexity index is 803. The maximum atomic E-state index is 12.9. The molecule has 3 rings (SSSR count). The smallest absolute Gasteiger partial charge is 0.416 e. The highest BCUT2D eigenvalue weighted by Gasteiger charge is 2.30. The van der Waals surface area contributed by atoms with Gasteiger partial charge in [-0.2, -0.15) is 13.2 Å². The topological polar surface area (TPSA) is 62.0 Å². The van der Waals surface area contributed by atoms with Crippen molar-refractivity contribution in [2.75, 3.05) is 45.9 Å². The van der Waals surface area contributed by atoms with Gasteiger partial charge in [0.1, 0.15) is 5.76 Å². The number of morpholine rings is 1. The van der Waals surface area contributed by atoms with Crippen LogP contribution >= 0.6 is 0 Å². The summed E-state index contributed by atoms with van der Waals surface area (Å²) in [6.45, 7) is 5.86. The van der Waals surface area contributed by atoms with E-state index in [0.717, 1.165) is 57.2 Å². The molecule has 0 aliphatic carbocycles. The second-order valence-corrected chi connectivity index (χ2v) is 7.35. The SMILES string of the molecule is FC(F)(F)c1cccc(CN=C(NCCCN2CCOCC2)NCCc2ccco2)c1. The summed E-state index contributed by atoms with van der Waals surface area (Å²) in [5, 5.41) is 6.52. The Morgan fingerprint density at radius 2 is 1.87 bits per heavy atom. The minimum absolute atomic E-state index is 0.156. The number of nitrogens with one attached hydrogen (secondary N) is 2. The zero-order valence-electron chi connectivity index (χ0n) is 17.5. The molecule has 1 aromatic carbocycles. The van der Waals surface area contributed by atoms with Gasteiger partial charge < -0.3 is 19.8 Å². The molecular formula is C22H29F3N4O2. The summed E-state index contributed by atoms with van der Waals surface area (Å²) in [7, 11) is 0. The lowest BCUT2D eigenvalue weighted by Crippen LogP contribution is -2.41. The Kier molecular flexibility index (Phi) is 8.78. The fourth-order valence-electron chi connectivity index (χ4n) is 3.28. The third-order valence-electron chi connectivity index (χ3n) is 4.97. The molecule has 31 heavy (non-hydrogen) atoms. The lowest BCUT2D eigenvalue weighted by Gasteiger charge is -2.26. The predicted octanol–water partition coefficient (Wildman–Crippen LogP) is 3.30. The van der Waals surface area contributed by atoms with Crippen molar-refractivity contribution in [3.05, 3.63) is 59.5 Å². The number of nitrogens with zero attached hydrogens (tertiary/aromatic N) is 2. The lowest BCUT2D eigenvalue weighted by molar-refractivity contribution is -0.137. The molecular weight excluding hydrogens is 409 g/mol. The molecule has 0 radical (unpaired) electrons. The summed E-state index contributed by atoms with van der Waals surface area (Å²) < 4.78 is 49.5. The first kappa shape index (κ1) is 23.1. The van der Waals surface area contributed by atoms with E-state index < -0.39 is 11.7 Å². The van der Waals surface area contributed by atoms with E-state index in [1.54, 1.807) is 12.3 Å². The van der Waals surface area contributed by atoms with Crippen LogP contribution in [0.4, 0.5) is 13.2 Å². The lowest BCUT2D eigenvalue weighted by atomic mass is 10.1. The van der Waals surface area contributed by atoms with Crippen LogP contribution in [0, 0.1) is 0 Å². The molecule has 0 unspecified atom stereocenters. The first-order valence-electron chi connectivity index (χ1n) is 10.5. The number of alkyl halides is 3. The van der Waals surface area contributed by atoms with Crippen LogP contribution < -0.4 is 10.6 Å². The molecule has 0 spiro atoms. The first-order valence-corrected chi connectivity index (χ1v) is 10.5. The Balaban J connectivity index is 1.53. The molecule has 2 aromatic rings. The van der Waals surface area contributed by atoms with E-state index in [4.69, 9.17) is 9.15 Å². The van der Waals surface area contributed by atoms with Crippen molar-refractivity contribution >= 4 is 5.96 Å². The van der Waals surface area contributed by atoms with Crippen molar-refractivity contribution in [3.63, 3.8) is 0 Å². The van der Waals surface area contributed by atoms with Crippen LogP contribution in [0.1, 0.15) is 23.3 Å². The van der Waals surface area contributed by atoms with E-state index in [1.807, 2.05) is 12.1 Å². The van der Waals surface area contributed by atoms with Crippen LogP contribution in [0.2, 0.25) is 0 Å². The van der Waals surface area contributed by atoms with Crippen molar-refractivity contribution in [1.82, 2.24) is 15.5 Å². The highest BCUT2D eigenvalue weighted by Crippen LogP contribution is 2.29. The monoisotopic (exact) mass is 438 g/mol. The maximum Gasteiger partial charge on any atom is 0.416 e. The van der Waals surface area contributed by atoms with Crippen LogP contribution in [0.15, 0.2) is 52.1 Å². The highest BCUT2D eigenvalue weighted by molar-refractivity contribution is 5.79.